The van der Waals surface area contributed by atoms with Gasteiger partial charge in [0.25, 0.3) is 0 Å². The quantitative estimate of drug-likeness (QED) is 0.865. The van der Waals surface area contributed by atoms with Gasteiger partial charge in [0.15, 0.2) is 11.5 Å². The minimum absolute atomic E-state index is 0.155. The van der Waals surface area contributed by atoms with Gasteiger partial charge in [-0.15, -0.1) is 0 Å². The number of nitrogens with zero attached hydrogens (tertiary/aromatic N) is 4. The molecule has 2 aromatic rings. The lowest BCUT2D eigenvalue weighted by Crippen LogP contribution is -2.43. The summed E-state index contributed by atoms with van der Waals surface area (Å²) in [4.78, 5) is 10.5. The number of hydrogen-bond acceptors (Lipinski definition) is 5. The fraction of sp³-hybridized carbons (Fsp3) is 0.353. The van der Waals surface area contributed by atoms with E-state index in [0.29, 0.717) is 18.1 Å². The predicted molar refractivity (Wildman–Crippen MR) is 83.5 cm³/mol. The van der Waals surface area contributed by atoms with E-state index in [4.69, 9.17) is 10.00 Å². The molecule has 1 atom stereocenters. The lowest BCUT2D eigenvalue weighted by molar-refractivity contribution is 0.0352. The smallest absolute Gasteiger partial charge is 0.183 e. The van der Waals surface area contributed by atoms with E-state index in [1.54, 1.807) is 12.4 Å². The van der Waals surface area contributed by atoms with Gasteiger partial charge in [-0.05, 0) is 18.4 Å². The molecule has 0 bridgehead atoms. The van der Waals surface area contributed by atoms with Crippen LogP contribution in [0.15, 0.2) is 42.7 Å². The van der Waals surface area contributed by atoms with Crippen molar-refractivity contribution in [1.29, 1.82) is 5.26 Å². The Kier molecular flexibility index (Phi) is 4.62. The molecule has 0 radical (unpaired) electrons. The van der Waals surface area contributed by atoms with Gasteiger partial charge in [0.2, 0.25) is 0 Å². The first kappa shape index (κ1) is 14.5. The van der Waals surface area contributed by atoms with Crippen LogP contribution in [0.25, 0.3) is 0 Å². The second kappa shape index (κ2) is 7.01. The Labute approximate surface area is 130 Å². The molecule has 1 aromatic heterocycles. The molecule has 1 unspecified atom stereocenters. The fourth-order valence-electron chi connectivity index (χ4n) is 2.70. The van der Waals surface area contributed by atoms with Crippen LogP contribution in [-0.2, 0) is 11.2 Å². The molecule has 1 aliphatic heterocycles. The second-order valence-electron chi connectivity index (χ2n) is 5.30. The highest BCUT2D eigenvalue weighted by Crippen LogP contribution is 2.19. The summed E-state index contributed by atoms with van der Waals surface area (Å²) in [6.07, 6.45) is 5.29. The van der Waals surface area contributed by atoms with Gasteiger partial charge in [-0.25, -0.2) is 9.97 Å². The molecule has 2 heterocycles. The van der Waals surface area contributed by atoms with Gasteiger partial charge in [0.05, 0.1) is 12.7 Å². The van der Waals surface area contributed by atoms with Crippen LogP contribution in [0.1, 0.15) is 17.7 Å². The van der Waals surface area contributed by atoms with E-state index in [1.165, 1.54) is 5.56 Å². The number of ether oxygens (including phenoxy) is 1. The van der Waals surface area contributed by atoms with Crippen LogP contribution in [0.5, 0.6) is 0 Å². The Morgan fingerprint density at radius 2 is 2.05 bits per heavy atom. The van der Waals surface area contributed by atoms with Crippen molar-refractivity contribution in [2.24, 2.45) is 0 Å². The van der Waals surface area contributed by atoms with Gasteiger partial charge in [-0.2, -0.15) is 5.26 Å². The zero-order valence-corrected chi connectivity index (χ0v) is 12.4. The van der Waals surface area contributed by atoms with Crippen LogP contribution >= 0.6 is 0 Å². The van der Waals surface area contributed by atoms with Crippen LogP contribution in [0, 0.1) is 11.3 Å². The number of aromatic nitrogens is 2. The maximum atomic E-state index is 9.16. The first-order valence-electron chi connectivity index (χ1n) is 7.48. The standard InChI is InChI=1S/C17H18N4O/c18-12-16-17(20-9-8-19-16)21-10-11-22-15(13-21)7-6-14-4-2-1-3-5-14/h1-5,8-9,15H,6-7,10-11,13H2. The number of anilines is 1. The van der Waals surface area contributed by atoms with Crippen LogP contribution in [0.4, 0.5) is 5.82 Å². The molecule has 0 amide bonds. The molecule has 0 aliphatic carbocycles. The average molecular weight is 294 g/mol. The summed E-state index contributed by atoms with van der Waals surface area (Å²) >= 11 is 0. The molecule has 0 N–H and O–H groups in total. The van der Waals surface area contributed by atoms with E-state index >= 15 is 0 Å². The fourth-order valence-corrected chi connectivity index (χ4v) is 2.70. The number of aryl methyl sites for hydroxylation is 1. The molecule has 5 heteroatoms. The number of benzene rings is 1. The second-order valence-corrected chi connectivity index (χ2v) is 5.30. The summed E-state index contributed by atoms with van der Waals surface area (Å²) in [5.41, 5.74) is 1.70. The maximum Gasteiger partial charge on any atom is 0.183 e. The summed E-state index contributed by atoms with van der Waals surface area (Å²) < 4.78 is 5.85. The van der Waals surface area contributed by atoms with Crippen LogP contribution in [0.2, 0.25) is 0 Å². The molecule has 3 rings (SSSR count). The number of rotatable bonds is 4. The van der Waals surface area contributed by atoms with Crippen molar-refractivity contribution in [3.63, 3.8) is 0 Å². The van der Waals surface area contributed by atoms with E-state index in [0.717, 1.165) is 25.9 Å². The zero-order chi connectivity index (χ0) is 15.2. The minimum Gasteiger partial charge on any atom is -0.375 e. The molecule has 22 heavy (non-hydrogen) atoms. The van der Waals surface area contributed by atoms with Gasteiger partial charge < -0.3 is 9.64 Å². The SMILES string of the molecule is N#Cc1nccnc1N1CCOC(CCc2ccccc2)C1. The van der Waals surface area contributed by atoms with E-state index in [1.807, 2.05) is 6.07 Å². The summed E-state index contributed by atoms with van der Waals surface area (Å²) in [6.45, 7) is 2.15. The van der Waals surface area contributed by atoms with Crippen molar-refractivity contribution in [3.8, 4) is 6.07 Å². The Hall–Kier alpha value is -2.45. The van der Waals surface area contributed by atoms with E-state index < -0.39 is 0 Å². The highest BCUT2D eigenvalue weighted by atomic mass is 16.5. The Balaban J connectivity index is 1.63. The summed E-state index contributed by atoms with van der Waals surface area (Å²) in [5.74, 6) is 0.665. The van der Waals surface area contributed by atoms with Crippen molar-refractivity contribution in [2.45, 2.75) is 18.9 Å². The van der Waals surface area contributed by atoms with Crippen molar-refractivity contribution in [1.82, 2.24) is 9.97 Å². The van der Waals surface area contributed by atoms with Crippen molar-refractivity contribution in [2.75, 3.05) is 24.6 Å². The third kappa shape index (κ3) is 3.41. The average Bonchev–Trinajstić information content (AvgIpc) is 2.61. The zero-order valence-electron chi connectivity index (χ0n) is 12.4. The van der Waals surface area contributed by atoms with Gasteiger partial charge in [0, 0.05) is 25.5 Å². The Bertz CT molecular complexity index is 653. The summed E-state index contributed by atoms with van der Waals surface area (Å²) in [6, 6.07) is 12.5. The molecular weight excluding hydrogens is 276 g/mol. The van der Waals surface area contributed by atoms with Gasteiger partial charge >= 0.3 is 0 Å². The van der Waals surface area contributed by atoms with Crippen molar-refractivity contribution in [3.05, 3.63) is 54.0 Å². The van der Waals surface area contributed by atoms with E-state index in [-0.39, 0.29) is 6.10 Å². The van der Waals surface area contributed by atoms with Gasteiger partial charge in [0.1, 0.15) is 6.07 Å². The number of hydrogen-bond donors (Lipinski definition) is 0. The van der Waals surface area contributed by atoms with E-state index in [9.17, 15) is 0 Å². The topological polar surface area (TPSA) is 62.0 Å². The molecule has 0 spiro atoms. The number of morpholine rings is 1. The molecular formula is C17H18N4O. The third-order valence-corrected chi connectivity index (χ3v) is 3.82. The monoisotopic (exact) mass is 294 g/mol. The molecule has 1 aromatic carbocycles. The lowest BCUT2D eigenvalue weighted by Gasteiger charge is -2.33. The maximum absolute atomic E-state index is 9.16. The summed E-state index contributed by atoms with van der Waals surface area (Å²) in [7, 11) is 0. The Morgan fingerprint density at radius 1 is 1.23 bits per heavy atom. The normalized spacial score (nSPS) is 18.0. The first-order chi connectivity index (χ1) is 10.9. The van der Waals surface area contributed by atoms with Crippen LogP contribution in [-0.4, -0.2) is 35.8 Å². The largest absolute Gasteiger partial charge is 0.375 e. The molecule has 0 saturated carbocycles. The van der Waals surface area contributed by atoms with Crippen molar-refractivity contribution >= 4 is 5.82 Å². The Morgan fingerprint density at radius 3 is 2.86 bits per heavy atom. The first-order valence-corrected chi connectivity index (χ1v) is 7.48. The molecule has 1 fully saturated rings. The highest BCUT2D eigenvalue weighted by molar-refractivity contribution is 5.49. The van der Waals surface area contributed by atoms with Gasteiger partial charge in [-0.1, -0.05) is 30.3 Å². The predicted octanol–water partition coefficient (Wildman–Crippen LogP) is 2.19. The highest BCUT2D eigenvalue weighted by Gasteiger charge is 2.23. The van der Waals surface area contributed by atoms with Crippen LogP contribution < -0.4 is 4.90 Å². The third-order valence-electron chi connectivity index (χ3n) is 3.82. The minimum atomic E-state index is 0.155. The molecule has 1 aliphatic rings. The van der Waals surface area contributed by atoms with Crippen LogP contribution in [0.3, 0.4) is 0 Å². The molecule has 112 valence electrons. The van der Waals surface area contributed by atoms with Gasteiger partial charge in [-0.3, -0.25) is 0 Å². The lowest BCUT2D eigenvalue weighted by atomic mass is 10.1. The summed E-state index contributed by atoms with van der Waals surface area (Å²) in [5, 5.41) is 9.16. The number of nitriles is 1. The molecule has 1 saturated heterocycles. The van der Waals surface area contributed by atoms with Crippen molar-refractivity contribution < 1.29 is 4.74 Å². The van der Waals surface area contributed by atoms with E-state index in [2.05, 4.69) is 45.2 Å². The molecule has 5 nitrogen and oxygen atoms in total.